The first-order chi connectivity index (χ1) is 8.29. The van der Waals surface area contributed by atoms with Gasteiger partial charge in [0.2, 0.25) is 0 Å². The summed E-state index contributed by atoms with van der Waals surface area (Å²) in [6.45, 7) is 1.42. The van der Waals surface area contributed by atoms with Crippen LogP contribution in [0, 0.1) is 17.7 Å². The first-order valence-electron chi connectivity index (χ1n) is 6.37. The Morgan fingerprint density at radius 1 is 1.12 bits per heavy atom. The zero-order valence-electron chi connectivity index (χ0n) is 10.1. The van der Waals surface area contributed by atoms with Crippen LogP contribution in [0.15, 0.2) is 24.3 Å². The quantitative estimate of drug-likeness (QED) is 0.873. The van der Waals surface area contributed by atoms with Crippen LogP contribution in [0.5, 0.6) is 5.75 Å². The maximum atomic E-state index is 13.3. The monoisotopic (exact) mass is 237 g/mol. The minimum Gasteiger partial charge on any atom is -0.490 e. The Bertz CT molecular complexity index is 348. The van der Waals surface area contributed by atoms with Gasteiger partial charge >= 0.3 is 0 Å². The van der Waals surface area contributed by atoms with Crippen molar-refractivity contribution in [3.8, 4) is 5.75 Å². The number of rotatable bonds is 4. The molecule has 0 amide bonds. The van der Waals surface area contributed by atoms with Crippen molar-refractivity contribution in [2.75, 3.05) is 13.2 Å². The molecule has 1 aromatic carbocycles. The van der Waals surface area contributed by atoms with Gasteiger partial charge in [0.1, 0.15) is 0 Å². The van der Waals surface area contributed by atoms with Gasteiger partial charge in [0.15, 0.2) is 11.6 Å². The van der Waals surface area contributed by atoms with E-state index in [9.17, 15) is 4.39 Å². The summed E-state index contributed by atoms with van der Waals surface area (Å²) < 4.78 is 18.9. The number of benzene rings is 1. The largest absolute Gasteiger partial charge is 0.490 e. The van der Waals surface area contributed by atoms with Crippen LogP contribution < -0.4 is 10.5 Å². The summed E-state index contributed by atoms with van der Waals surface area (Å²) in [5, 5.41) is 0. The minimum absolute atomic E-state index is 0.275. The Hall–Kier alpha value is -1.09. The molecule has 2 nitrogen and oxygen atoms in total. The van der Waals surface area contributed by atoms with Crippen LogP contribution in [0.3, 0.4) is 0 Å². The molecular weight excluding hydrogens is 217 g/mol. The van der Waals surface area contributed by atoms with E-state index >= 15 is 0 Å². The van der Waals surface area contributed by atoms with Crippen molar-refractivity contribution in [2.45, 2.75) is 25.7 Å². The maximum absolute atomic E-state index is 13.3. The molecule has 1 fully saturated rings. The average molecular weight is 237 g/mol. The van der Waals surface area contributed by atoms with Gasteiger partial charge in [0, 0.05) is 0 Å². The second-order valence-corrected chi connectivity index (χ2v) is 4.86. The molecule has 1 aromatic rings. The molecule has 0 aliphatic heterocycles. The second kappa shape index (κ2) is 6.01. The van der Waals surface area contributed by atoms with Gasteiger partial charge in [-0.05, 0) is 56.2 Å². The molecule has 0 saturated heterocycles. The Labute approximate surface area is 102 Å². The van der Waals surface area contributed by atoms with Gasteiger partial charge in [-0.25, -0.2) is 4.39 Å². The molecule has 0 bridgehead atoms. The van der Waals surface area contributed by atoms with Crippen LogP contribution >= 0.6 is 0 Å². The zero-order valence-corrected chi connectivity index (χ0v) is 10.1. The van der Waals surface area contributed by atoms with Crippen molar-refractivity contribution in [3.05, 3.63) is 30.1 Å². The summed E-state index contributed by atoms with van der Waals surface area (Å²) in [6.07, 6.45) is 4.66. The normalized spacial score (nSPS) is 24.6. The van der Waals surface area contributed by atoms with E-state index in [1.807, 2.05) is 0 Å². The van der Waals surface area contributed by atoms with E-state index in [-0.39, 0.29) is 5.82 Å². The highest BCUT2D eigenvalue weighted by atomic mass is 19.1. The van der Waals surface area contributed by atoms with Gasteiger partial charge in [-0.1, -0.05) is 12.1 Å². The van der Waals surface area contributed by atoms with Crippen LogP contribution in [-0.4, -0.2) is 13.2 Å². The van der Waals surface area contributed by atoms with Crippen molar-refractivity contribution in [3.63, 3.8) is 0 Å². The lowest BCUT2D eigenvalue weighted by atomic mass is 9.82. The first-order valence-corrected chi connectivity index (χ1v) is 6.37. The molecule has 94 valence electrons. The SMILES string of the molecule is NCC1CCC(COc2ccccc2F)CC1. The molecule has 1 aliphatic carbocycles. The van der Waals surface area contributed by atoms with Crippen molar-refractivity contribution >= 4 is 0 Å². The lowest BCUT2D eigenvalue weighted by Gasteiger charge is -2.27. The van der Waals surface area contributed by atoms with Crippen LogP contribution in [0.2, 0.25) is 0 Å². The molecule has 3 heteroatoms. The number of hydrogen-bond acceptors (Lipinski definition) is 2. The fourth-order valence-corrected chi connectivity index (χ4v) is 2.40. The number of hydrogen-bond donors (Lipinski definition) is 1. The molecule has 0 heterocycles. The Morgan fingerprint density at radius 2 is 1.76 bits per heavy atom. The number of nitrogens with two attached hydrogens (primary N) is 1. The third-order valence-corrected chi connectivity index (χ3v) is 3.61. The topological polar surface area (TPSA) is 35.2 Å². The number of halogens is 1. The van der Waals surface area contributed by atoms with Gasteiger partial charge in [-0.3, -0.25) is 0 Å². The van der Waals surface area contributed by atoms with E-state index in [4.69, 9.17) is 10.5 Å². The van der Waals surface area contributed by atoms with Crippen LogP contribution in [0.4, 0.5) is 4.39 Å². The van der Waals surface area contributed by atoms with E-state index in [0.29, 0.717) is 24.2 Å². The van der Waals surface area contributed by atoms with Gasteiger partial charge < -0.3 is 10.5 Å². The number of ether oxygens (including phenoxy) is 1. The summed E-state index contributed by atoms with van der Waals surface area (Å²) in [7, 11) is 0. The van der Waals surface area contributed by atoms with E-state index in [1.165, 1.54) is 18.9 Å². The Balaban J connectivity index is 1.78. The molecule has 0 radical (unpaired) electrons. The molecule has 0 aromatic heterocycles. The highest BCUT2D eigenvalue weighted by molar-refractivity contribution is 5.23. The molecule has 0 atom stereocenters. The summed E-state index contributed by atoms with van der Waals surface area (Å²) >= 11 is 0. The first kappa shape index (κ1) is 12.4. The Kier molecular flexibility index (Phi) is 4.37. The summed E-state index contributed by atoms with van der Waals surface area (Å²) in [6, 6.07) is 6.58. The van der Waals surface area contributed by atoms with Crippen molar-refractivity contribution in [1.29, 1.82) is 0 Å². The predicted molar refractivity (Wildman–Crippen MR) is 66.4 cm³/mol. The highest BCUT2D eigenvalue weighted by Gasteiger charge is 2.20. The van der Waals surface area contributed by atoms with Gasteiger partial charge in [0.25, 0.3) is 0 Å². The molecule has 0 unspecified atom stereocenters. The molecule has 17 heavy (non-hydrogen) atoms. The summed E-state index contributed by atoms with van der Waals surface area (Å²) in [4.78, 5) is 0. The molecular formula is C14H20FNO. The van der Waals surface area contributed by atoms with Gasteiger partial charge in [-0.2, -0.15) is 0 Å². The third kappa shape index (κ3) is 3.43. The summed E-state index contributed by atoms with van der Waals surface area (Å²) in [5.41, 5.74) is 5.65. The van der Waals surface area contributed by atoms with Crippen LogP contribution in [-0.2, 0) is 0 Å². The molecule has 1 saturated carbocycles. The fourth-order valence-electron chi connectivity index (χ4n) is 2.40. The third-order valence-electron chi connectivity index (χ3n) is 3.61. The molecule has 2 rings (SSSR count). The van der Waals surface area contributed by atoms with Crippen molar-refractivity contribution < 1.29 is 9.13 Å². The minimum atomic E-state index is -0.275. The Morgan fingerprint density at radius 3 is 2.41 bits per heavy atom. The van der Waals surface area contributed by atoms with Crippen molar-refractivity contribution in [1.82, 2.24) is 0 Å². The average Bonchev–Trinajstić information content (AvgIpc) is 2.38. The lowest BCUT2D eigenvalue weighted by Crippen LogP contribution is -2.24. The van der Waals surface area contributed by atoms with E-state index < -0.39 is 0 Å². The van der Waals surface area contributed by atoms with Crippen LogP contribution in [0.1, 0.15) is 25.7 Å². The summed E-state index contributed by atoms with van der Waals surface area (Å²) in [5.74, 6) is 1.33. The smallest absolute Gasteiger partial charge is 0.165 e. The van der Waals surface area contributed by atoms with Crippen molar-refractivity contribution in [2.24, 2.45) is 17.6 Å². The second-order valence-electron chi connectivity index (χ2n) is 4.86. The predicted octanol–water partition coefficient (Wildman–Crippen LogP) is 2.97. The van der Waals surface area contributed by atoms with Gasteiger partial charge in [0.05, 0.1) is 6.61 Å². The molecule has 1 aliphatic rings. The van der Waals surface area contributed by atoms with Gasteiger partial charge in [-0.15, -0.1) is 0 Å². The van der Waals surface area contributed by atoms with E-state index in [2.05, 4.69) is 0 Å². The highest BCUT2D eigenvalue weighted by Crippen LogP contribution is 2.29. The maximum Gasteiger partial charge on any atom is 0.165 e. The molecule has 0 spiro atoms. The van der Waals surface area contributed by atoms with E-state index in [1.54, 1.807) is 18.2 Å². The standard InChI is InChI=1S/C14H20FNO/c15-13-3-1-2-4-14(13)17-10-12-7-5-11(9-16)6-8-12/h1-4,11-12H,5-10,16H2. The number of para-hydroxylation sites is 1. The molecule has 2 N–H and O–H groups in total. The lowest BCUT2D eigenvalue weighted by molar-refractivity contribution is 0.180. The van der Waals surface area contributed by atoms with E-state index in [0.717, 1.165) is 19.4 Å². The van der Waals surface area contributed by atoms with Crippen LogP contribution in [0.25, 0.3) is 0 Å². The zero-order chi connectivity index (χ0) is 12.1. The fraction of sp³-hybridized carbons (Fsp3) is 0.571.